The molecule has 0 amide bonds. The molecule has 5 heteroatoms. The molecule has 0 bridgehead atoms. The summed E-state index contributed by atoms with van der Waals surface area (Å²) < 4.78 is 0. The van der Waals surface area contributed by atoms with Gasteiger partial charge in [-0.2, -0.15) is 0 Å². The minimum Gasteiger partial charge on any atom is -0.397 e. The lowest BCUT2D eigenvalue weighted by Crippen LogP contribution is -2.31. The van der Waals surface area contributed by atoms with Crippen LogP contribution in [-0.2, 0) is 6.54 Å². The van der Waals surface area contributed by atoms with Gasteiger partial charge in [0.15, 0.2) is 0 Å². The molecule has 2 aromatic rings. The lowest BCUT2D eigenvalue weighted by Gasteiger charge is -2.23. The molecule has 1 aromatic carbocycles. The first-order chi connectivity index (χ1) is 11.5. The first-order valence-electron chi connectivity index (χ1n) is 7.43. The highest BCUT2D eigenvalue weighted by atomic mass is 35.5. The summed E-state index contributed by atoms with van der Waals surface area (Å²) in [6.45, 7) is 10.3. The largest absolute Gasteiger partial charge is 0.397 e. The van der Waals surface area contributed by atoms with E-state index in [0.29, 0.717) is 28.5 Å². The molecule has 0 spiro atoms. The Labute approximate surface area is 147 Å². The van der Waals surface area contributed by atoms with E-state index < -0.39 is 0 Å². The maximum Gasteiger partial charge on any atom is 0.0750 e. The van der Waals surface area contributed by atoms with E-state index in [-0.39, 0.29) is 0 Å². The van der Waals surface area contributed by atoms with Crippen LogP contribution in [0.1, 0.15) is 16.7 Å². The standard InChI is InChI=1S/C19H21ClN4/c1-4-18(24(22)12-15-7-5-6-8-17(15)20)19(21)14(3)16-9-10-23-11-13(16)2/h4-11H,1,3,12,21-22H2,2H3/b19-18-. The van der Waals surface area contributed by atoms with Gasteiger partial charge in [-0.15, -0.1) is 0 Å². The fraction of sp³-hybridized carbons (Fsp3) is 0.105. The molecule has 0 radical (unpaired) electrons. The lowest BCUT2D eigenvalue weighted by atomic mass is 10.0. The van der Waals surface area contributed by atoms with E-state index in [4.69, 9.17) is 23.2 Å². The molecule has 0 saturated heterocycles. The summed E-state index contributed by atoms with van der Waals surface area (Å²) in [6, 6.07) is 9.40. The molecule has 0 aliphatic rings. The van der Waals surface area contributed by atoms with Crippen molar-refractivity contribution in [2.75, 3.05) is 0 Å². The van der Waals surface area contributed by atoms with Crippen LogP contribution in [0.3, 0.4) is 0 Å². The molecule has 24 heavy (non-hydrogen) atoms. The topological polar surface area (TPSA) is 68.2 Å². The van der Waals surface area contributed by atoms with Crippen LogP contribution in [0.25, 0.3) is 5.57 Å². The number of benzene rings is 1. The van der Waals surface area contributed by atoms with Gasteiger partial charge in [-0.25, -0.2) is 5.84 Å². The number of pyridine rings is 1. The van der Waals surface area contributed by atoms with Crippen molar-refractivity contribution in [1.29, 1.82) is 0 Å². The van der Waals surface area contributed by atoms with Crippen LogP contribution in [0, 0.1) is 6.92 Å². The first kappa shape index (κ1) is 17.8. The molecular formula is C19H21ClN4. The van der Waals surface area contributed by atoms with E-state index in [9.17, 15) is 0 Å². The minimum absolute atomic E-state index is 0.407. The molecule has 0 aliphatic heterocycles. The van der Waals surface area contributed by atoms with Crippen LogP contribution >= 0.6 is 11.6 Å². The Kier molecular flexibility index (Phi) is 5.79. The Balaban J connectivity index is 2.32. The van der Waals surface area contributed by atoms with E-state index in [0.717, 1.165) is 16.7 Å². The molecule has 1 aromatic heterocycles. The summed E-state index contributed by atoms with van der Waals surface area (Å²) in [5.41, 5.74) is 10.9. The number of hydrazine groups is 1. The Morgan fingerprint density at radius 1 is 1.33 bits per heavy atom. The van der Waals surface area contributed by atoms with Gasteiger partial charge in [-0.05, 0) is 47.4 Å². The van der Waals surface area contributed by atoms with Crippen molar-refractivity contribution in [2.45, 2.75) is 13.5 Å². The predicted molar refractivity (Wildman–Crippen MR) is 101 cm³/mol. The van der Waals surface area contributed by atoms with E-state index in [1.807, 2.05) is 37.3 Å². The molecule has 0 unspecified atom stereocenters. The Hall–Kier alpha value is -2.56. The van der Waals surface area contributed by atoms with Crippen LogP contribution in [0.4, 0.5) is 0 Å². The number of allylic oxidation sites excluding steroid dienone is 2. The lowest BCUT2D eigenvalue weighted by molar-refractivity contribution is 0.360. The Morgan fingerprint density at radius 2 is 2.04 bits per heavy atom. The summed E-state index contributed by atoms with van der Waals surface area (Å²) in [5, 5.41) is 2.17. The molecule has 0 atom stereocenters. The van der Waals surface area contributed by atoms with Crippen LogP contribution in [0.15, 0.2) is 73.4 Å². The SMILES string of the molecule is C=C/C(=C(/N)C(=C)c1ccncc1C)N(N)Cc1ccccc1Cl. The Bertz CT molecular complexity index is 795. The summed E-state index contributed by atoms with van der Waals surface area (Å²) in [7, 11) is 0. The second-order valence-corrected chi connectivity index (χ2v) is 5.80. The smallest absolute Gasteiger partial charge is 0.0750 e. The number of aromatic nitrogens is 1. The third-order valence-corrected chi connectivity index (χ3v) is 4.12. The summed E-state index contributed by atoms with van der Waals surface area (Å²) >= 11 is 6.20. The molecule has 4 nitrogen and oxygen atoms in total. The fourth-order valence-corrected chi connectivity index (χ4v) is 2.58. The van der Waals surface area contributed by atoms with E-state index in [1.54, 1.807) is 18.5 Å². The van der Waals surface area contributed by atoms with Crippen LogP contribution in [0.2, 0.25) is 5.02 Å². The van der Waals surface area contributed by atoms with Crippen LogP contribution in [0.5, 0.6) is 0 Å². The number of hydrogen-bond acceptors (Lipinski definition) is 4. The van der Waals surface area contributed by atoms with Crippen molar-refractivity contribution in [1.82, 2.24) is 9.99 Å². The first-order valence-corrected chi connectivity index (χ1v) is 7.81. The van der Waals surface area contributed by atoms with E-state index >= 15 is 0 Å². The predicted octanol–water partition coefficient (Wildman–Crippen LogP) is 3.79. The van der Waals surface area contributed by atoms with Gasteiger partial charge in [0, 0.05) is 17.4 Å². The second kappa shape index (κ2) is 7.81. The summed E-state index contributed by atoms with van der Waals surface area (Å²) in [6.07, 6.45) is 5.09. The summed E-state index contributed by atoms with van der Waals surface area (Å²) in [5.74, 6) is 6.20. The Morgan fingerprint density at radius 3 is 2.67 bits per heavy atom. The third kappa shape index (κ3) is 3.85. The quantitative estimate of drug-likeness (QED) is 0.477. The highest BCUT2D eigenvalue weighted by molar-refractivity contribution is 6.31. The van der Waals surface area contributed by atoms with Crippen molar-refractivity contribution in [3.8, 4) is 0 Å². The maximum absolute atomic E-state index is 6.30. The fourth-order valence-electron chi connectivity index (χ4n) is 2.39. The molecule has 2 rings (SSSR count). The van der Waals surface area contributed by atoms with Gasteiger partial charge in [-0.3, -0.25) is 4.98 Å². The number of hydrogen-bond donors (Lipinski definition) is 2. The van der Waals surface area contributed by atoms with Crippen LogP contribution < -0.4 is 11.6 Å². The number of nitrogens with two attached hydrogens (primary N) is 2. The third-order valence-electron chi connectivity index (χ3n) is 3.75. The zero-order valence-electron chi connectivity index (χ0n) is 13.7. The normalized spacial score (nSPS) is 11.6. The van der Waals surface area contributed by atoms with Gasteiger partial charge in [0.1, 0.15) is 0 Å². The molecule has 0 saturated carbocycles. The van der Waals surface area contributed by atoms with Crippen molar-refractivity contribution < 1.29 is 0 Å². The zero-order valence-corrected chi connectivity index (χ0v) is 14.4. The zero-order chi connectivity index (χ0) is 17.7. The molecule has 0 aliphatic carbocycles. The van der Waals surface area contributed by atoms with E-state index in [1.165, 1.54) is 5.01 Å². The average molecular weight is 341 g/mol. The van der Waals surface area contributed by atoms with Crippen molar-refractivity contribution in [2.24, 2.45) is 11.6 Å². The van der Waals surface area contributed by atoms with Gasteiger partial charge in [0.05, 0.1) is 17.9 Å². The maximum atomic E-state index is 6.30. The minimum atomic E-state index is 0.407. The van der Waals surface area contributed by atoms with Crippen molar-refractivity contribution >= 4 is 17.2 Å². The number of halogens is 1. The van der Waals surface area contributed by atoms with Crippen molar-refractivity contribution in [3.05, 3.63) is 95.1 Å². The highest BCUT2D eigenvalue weighted by Gasteiger charge is 2.14. The monoisotopic (exact) mass is 340 g/mol. The van der Waals surface area contributed by atoms with Gasteiger partial charge in [-0.1, -0.05) is 43.0 Å². The molecular weight excluding hydrogens is 320 g/mol. The number of rotatable bonds is 6. The number of nitrogens with zero attached hydrogens (tertiary/aromatic N) is 2. The van der Waals surface area contributed by atoms with Gasteiger partial charge in [0.2, 0.25) is 0 Å². The summed E-state index contributed by atoms with van der Waals surface area (Å²) in [4.78, 5) is 4.08. The second-order valence-electron chi connectivity index (χ2n) is 5.39. The van der Waals surface area contributed by atoms with Gasteiger partial charge >= 0.3 is 0 Å². The molecule has 124 valence electrons. The van der Waals surface area contributed by atoms with Crippen molar-refractivity contribution in [3.63, 3.8) is 0 Å². The highest BCUT2D eigenvalue weighted by Crippen LogP contribution is 2.25. The molecule has 4 N–H and O–H groups in total. The van der Waals surface area contributed by atoms with Gasteiger partial charge in [0.25, 0.3) is 0 Å². The number of aryl methyl sites for hydroxylation is 1. The average Bonchev–Trinajstić information content (AvgIpc) is 2.57. The van der Waals surface area contributed by atoms with Gasteiger partial charge < -0.3 is 10.7 Å². The molecule has 1 heterocycles. The molecule has 0 fully saturated rings. The van der Waals surface area contributed by atoms with E-state index in [2.05, 4.69) is 18.1 Å². The van der Waals surface area contributed by atoms with Crippen LogP contribution in [-0.4, -0.2) is 9.99 Å².